The molecule has 0 fully saturated rings. The molecule has 0 aliphatic carbocycles. The molecule has 0 saturated heterocycles. The van der Waals surface area contributed by atoms with E-state index in [1.54, 1.807) is 0 Å². The van der Waals surface area contributed by atoms with Gasteiger partial charge < -0.3 is 10.2 Å². The summed E-state index contributed by atoms with van der Waals surface area (Å²) in [4.78, 5) is 33.4. The maximum atomic E-state index is 12.6. The second kappa shape index (κ2) is 5.63. The quantitative estimate of drug-likeness (QED) is 0.425. The molecule has 1 amide bonds. The molecule has 2 N–H and O–H groups in total. The highest BCUT2D eigenvalue weighted by molar-refractivity contribution is 6.36. The number of hydrogen-bond acceptors (Lipinski definition) is 5. The Hall–Kier alpha value is -3.35. The zero-order chi connectivity index (χ0) is 17.6. The van der Waals surface area contributed by atoms with Crippen molar-refractivity contribution in [3.63, 3.8) is 0 Å². The molecule has 2 aromatic rings. The molecule has 122 valence electrons. The number of anilines is 1. The van der Waals surface area contributed by atoms with Crippen LogP contribution in [0.25, 0.3) is 11.3 Å². The highest BCUT2D eigenvalue weighted by atomic mass is 16.7. The molecule has 7 heteroatoms. The average molecular weight is 331 g/mol. The van der Waals surface area contributed by atoms with Crippen molar-refractivity contribution < 1.29 is 14.4 Å². The summed E-state index contributed by atoms with van der Waals surface area (Å²) in [7, 11) is 1.97. The smallest absolute Gasteiger partial charge is 0.329 e. The third-order valence-corrected chi connectivity index (χ3v) is 4.10. The third-order valence-electron chi connectivity index (χ3n) is 4.10. The molecule has 0 unspecified atom stereocenters. The Morgan fingerprint density at radius 2 is 2.04 bits per heavy atom. The lowest BCUT2D eigenvalue weighted by atomic mass is 9.93. The van der Waals surface area contributed by atoms with E-state index in [1.807, 2.05) is 50.3 Å². The second-order valence-electron chi connectivity index (χ2n) is 5.93. The fourth-order valence-corrected chi connectivity index (χ4v) is 3.02. The van der Waals surface area contributed by atoms with Gasteiger partial charge in [-0.15, -0.1) is 0 Å². The van der Waals surface area contributed by atoms with Crippen molar-refractivity contribution in [2.24, 2.45) is 4.99 Å². The van der Waals surface area contributed by atoms with Crippen molar-refractivity contribution in [2.75, 3.05) is 5.32 Å². The SMILES string of the molecule is Bc1ccc2c(c1)NC(=O)/C2=C1/N=c2ccccc2=C1NOC(C)=O. The maximum Gasteiger partial charge on any atom is 0.329 e. The number of rotatable bonds is 2. The molecule has 0 atom stereocenters. The summed E-state index contributed by atoms with van der Waals surface area (Å²) in [6.45, 7) is 1.30. The van der Waals surface area contributed by atoms with E-state index in [9.17, 15) is 9.59 Å². The Balaban J connectivity index is 1.96. The molecular formula is C18H14BN3O3. The number of hydrogen-bond donors (Lipinski definition) is 2. The van der Waals surface area contributed by atoms with Crippen molar-refractivity contribution in [3.05, 3.63) is 64.3 Å². The van der Waals surface area contributed by atoms with Crippen LogP contribution >= 0.6 is 0 Å². The number of amides is 1. The van der Waals surface area contributed by atoms with Crippen LogP contribution in [0.2, 0.25) is 0 Å². The number of para-hydroxylation sites is 1. The van der Waals surface area contributed by atoms with Crippen LogP contribution in [0.5, 0.6) is 0 Å². The molecule has 0 radical (unpaired) electrons. The normalized spacial score (nSPS) is 17.5. The standard InChI is InChI=1S/C18H14BN3O3/c1-9(23)25-22-16-12-4-2-3-5-13(12)20-17(16)15-11-7-6-10(19)8-14(11)21-18(15)24/h2-8,22H,19H2,1H3,(H,21,24)/b17-15+. The van der Waals surface area contributed by atoms with Crippen molar-refractivity contribution in [2.45, 2.75) is 6.92 Å². The van der Waals surface area contributed by atoms with Crippen LogP contribution in [0.3, 0.4) is 0 Å². The monoisotopic (exact) mass is 331 g/mol. The number of fused-ring (bicyclic) bond motifs is 2. The van der Waals surface area contributed by atoms with E-state index >= 15 is 0 Å². The Morgan fingerprint density at radius 1 is 1.24 bits per heavy atom. The minimum atomic E-state index is -0.479. The van der Waals surface area contributed by atoms with E-state index in [0.29, 0.717) is 22.3 Å². The number of carbonyl (C=O) groups is 2. The van der Waals surface area contributed by atoms with Gasteiger partial charge in [0.1, 0.15) is 19.2 Å². The van der Waals surface area contributed by atoms with Gasteiger partial charge in [-0.3, -0.25) is 9.59 Å². The van der Waals surface area contributed by atoms with Crippen molar-refractivity contribution in [3.8, 4) is 0 Å². The molecule has 6 nitrogen and oxygen atoms in total. The average Bonchev–Trinajstić information content (AvgIpc) is 3.08. The van der Waals surface area contributed by atoms with Gasteiger partial charge in [-0.1, -0.05) is 35.8 Å². The topological polar surface area (TPSA) is 79.8 Å². The summed E-state index contributed by atoms with van der Waals surface area (Å²) in [6, 6.07) is 13.2. The molecule has 25 heavy (non-hydrogen) atoms. The molecular weight excluding hydrogens is 317 g/mol. The first-order chi connectivity index (χ1) is 12.0. The van der Waals surface area contributed by atoms with Crippen molar-refractivity contribution in [1.29, 1.82) is 0 Å². The number of benzene rings is 2. The van der Waals surface area contributed by atoms with Gasteiger partial charge in [0.25, 0.3) is 5.91 Å². The second-order valence-corrected chi connectivity index (χ2v) is 5.93. The van der Waals surface area contributed by atoms with Crippen LogP contribution in [0.1, 0.15) is 12.5 Å². The van der Waals surface area contributed by atoms with Gasteiger partial charge in [0.15, 0.2) is 0 Å². The van der Waals surface area contributed by atoms with E-state index in [0.717, 1.165) is 21.9 Å². The Labute approximate surface area is 144 Å². The van der Waals surface area contributed by atoms with E-state index in [-0.39, 0.29) is 5.91 Å². The van der Waals surface area contributed by atoms with Gasteiger partial charge in [-0.2, -0.15) is 0 Å². The molecule has 0 spiro atoms. The highest BCUT2D eigenvalue weighted by Gasteiger charge is 2.31. The Kier molecular flexibility index (Phi) is 3.42. The number of nitrogens with zero attached hydrogens (tertiary/aromatic N) is 1. The summed E-state index contributed by atoms with van der Waals surface area (Å²) in [5.41, 5.74) is 6.68. The summed E-state index contributed by atoms with van der Waals surface area (Å²) < 4.78 is 0. The maximum absolute atomic E-state index is 12.6. The predicted molar refractivity (Wildman–Crippen MR) is 95.7 cm³/mol. The lowest BCUT2D eigenvalue weighted by Crippen LogP contribution is -2.28. The van der Waals surface area contributed by atoms with Crippen LogP contribution in [0, 0.1) is 0 Å². The lowest BCUT2D eigenvalue weighted by molar-refractivity contribution is -0.145. The van der Waals surface area contributed by atoms with E-state index in [4.69, 9.17) is 4.84 Å². The predicted octanol–water partition coefficient (Wildman–Crippen LogP) is -0.883. The molecule has 2 aliphatic rings. The van der Waals surface area contributed by atoms with E-state index < -0.39 is 5.97 Å². The molecule has 2 aromatic carbocycles. The molecule has 0 saturated carbocycles. The van der Waals surface area contributed by atoms with Gasteiger partial charge in [-0.25, -0.2) is 10.5 Å². The van der Waals surface area contributed by atoms with E-state index in [1.165, 1.54) is 6.92 Å². The van der Waals surface area contributed by atoms with Crippen molar-refractivity contribution in [1.82, 2.24) is 5.48 Å². The van der Waals surface area contributed by atoms with Crippen molar-refractivity contribution >= 4 is 42.1 Å². The van der Waals surface area contributed by atoms with Crippen LogP contribution in [0.4, 0.5) is 5.69 Å². The third kappa shape index (κ3) is 2.50. The lowest BCUT2D eigenvalue weighted by Gasteiger charge is -2.09. The van der Waals surface area contributed by atoms with Gasteiger partial charge >= 0.3 is 5.97 Å². The zero-order valence-electron chi connectivity index (χ0n) is 13.7. The summed E-state index contributed by atoms with van der Waals surface area (Å²) in [5.74, 6) is -0.706. The molecule has 0 bridgehead atoms. The number of carbonyl (C=O) groups excluding carboxylic acids is 2. The van der Waals surface area contributed by atoms with Crippen LogP contribution < -0.4 is 26.8 Å². The van der Waals surface area contributed by atoms with Crippen LogP contribution in [0.15, 0.2) is 53.2 Å². The fourth-order valence-electron chi connectivity index (χ4n) is 3.02. The summed E-state index contributed by atoms with van der Waals surface area (Å²) in [5, 5.41) is 4.36. The van der Waals surface area contributed by atoms with Crippen LogP contribution in [-0.4, -0.2) is 19.7 Å². The van der Waals surface area contributed by atoms with Gasteiger partial charge in [0.05, 0.1) is 10.9 Å². The first-order valence-electron chi connectivity index (χ1n) is 7.83. The first kappa shape index (κ1) is 15.2. The largest absolute Gasteiger partial charge is 0.344 e. The molecule has 4 rings (SSSR count). The van der Waals surface area contributed by atoms with Crippen LogP contribution in [-0.2, 0) is 14.4 Å². The van der Waals surface area contributed by atoms with Gasteiger partial charge in [0.2, 0.25) is 0 Å². The van der Waals surface area contributed by atoms with Gasteiger partial charge in [0, 0.05) is 23.4 Å². The minimum Gasteiger partial charge on any atom is -0.344 e. The summed E-state index contributed by atoms with van der Waals surface area (Å²) in [6.07, 6.45) is 0. The first-order valence-corrected chi connectivity index (χ1v) is 7.83. The molecule has 2 aliphatic heterocycles. The summed E-state index contributed by atoms with van der Waals surface area (Å²) >= 11 is 0. The fraction of sp³-hybridized carbons (Fsp3) is 0.0556. The highest BCUT2D eigenvalue weighted by Crippen LogP contribution is 2.35. The number of hydroxylamine groups is 1. The Bertz CT molecular complexity index is 1090. The zero-order valence-corrected chi connectivity index (χ0v) is 13.7. The minimum absolute atomic E-state index is 0.228. The molecule has 0 aromatic heterocycles. The Morgan fingerprint density at radius 3 is 2.84 bits per heavy atom. The van der Waals surface area contributed by atoms with E-state index in [2.05, 4.69) is 15.8 Å². The number of nitrogens with one attached hydrogen (secondary N) is 2. The molecule has 2 heterocycles. The van der Waals surface area contributed by atoms with Gasteiger partial charge in [-0.05, 0) is 12.1 Å².